The lowest BCUT2D eigenvalue weighted by molar-refractivity contribution is -0.118. The van der Waals surface area contributed by atoms with E-state index in [1.165, 1.54) is 18.3 Å². The quantitative estimate of drug-likeness (QED) is 0.811. The summed E-state index contributed by atoms with van der Waals surface area (Å²) in [5.41, 5.74) is 0.740. The standard InChI is InChI=1S/C21H22FN3O2/c1-14(16-4-6-17(22)7-5-16)10-18(26)11-15-8-9-24-19(12-15)20(27)25-21(2,3)13-23/h4-9,12,14H,10-11H2,1-3H3,(H,25,27). The van der Waals surface area contributed by atoms with Gasteiger partial charge in [0.15, 0.2) is 0 Å². The molecule has 140 valence electrons. The zero-order valence-electron chi connectivity index (χ0n) is 15.6. The molecule has 0 spiro atoms. The number of benzene rings is 1. The molecular weight excluding hydrogens is 345 g/mol. The van der Waals surface area contributed by atoms with Crippen molar-refractivity contribution in [1.29, 1.82) is 5.26 Å². The lowest BCUT2D eigenvalue weighted by Crippen LogP contribution is -2.42. The summed E-state index contributed by atoms with van der Waals surface area (Å²) in [5.74, 6) is -0.782. The van der Waals surface area contributed by atoms with Crippen LogP contribution in [0.2, 0.25) is 0 Å². The molecule has 0 aliphatic heterocycles. The topological polar surface area (TPSA) is 82.8 Å². The van der Waals surface area contributed by atoms with E-state index in [1.54, 1.807) is 38.1 Å². The van der Waals surface area contributed by atoms with E-state index in [0.717, 1.165) is 5.56 Å². The van der Waals surface area contributed by atoms with Crippen molar-refractivity contribution in [1.82, 2.24) is 10.3 Å². The molecule has 0 aliphatic rings. The van der Waals surface area contributed by atoms with Crippen LogP contribution in [0.3, 0.4) is 0 Å². The van der Waals surface area contributed by atoms with E-state index in [1.807, 2.05) is 13.0 Å². The van der Waals surface area contributed by atoms with Crippen LogP contribution < -0.4 is 5.32 Å². The van der Waals surface area contributed by atoms with Crippen molar-refractivity contribution in [3.05, 3.63) is 65.2 Å². The second-order valence-corrected chi connectivity index (χ2v) is 7.11. The number of Topliss-reactive ketones (excluding diaryl/α,β-unsaturated/α-hetero) is 1. The number of nitrogens with zero attached hydrogens (tertiary/aromatic N) is 2. The average molecular weight is 367 g/mol. The van der Waals surface area contributed by atoms with Gasteiger partial charge in [-0.1, -0.05) is 19.1 Å². The Morgan fingerprint density at radius 3 is 2.56 bits per heavy atom. The largest absolute Gasteiger partial charge is 0.333 e. The molecule has 1 N–H and O–H groups in total. The Bertz CT molecular complexity index is 870. The van der Waals surface area contributed by atoms with Gasteiger partial charge in [0.25, 0.3) is 5.91 Å². The fourth-order valence-corrected chi connectivity index (χ4v) is 2.63. The summed E-state index contributed by atoms with van der Waals surface area (Å²) in [6.45, 7) is 5.10. The van der Waals surface area contributed by atoms with Crippen LogP contribution in [0.15, 0.2) is 42.6 Å². The van der Waals surface area contributed by atoms with Gasteiger partial charge < -0.3 is 5.32 Å². The van der Waals surface area contributed by atoms with Crippen LogP contribution >= 0.6 is 0 Å². The summed E-state index contributed by atoms with van der Waals surface area (Å²) in [6.07, 6.45) is 1.97. The van der Waals surface area contributed by atoms with Crippen molar-refractivity contribution in [3.8, 4) is 6.07 Å². The van der Waals surface area contributed by atoms with Gasteiger partial charge in [-0.05, 0) is 55.2 Å². The number of rotatable bonds is 7. The van der Waals surface area contributed by atoms with Gasteiger partial charge in [-0.25, -0.2) is 4.39 Å². The highest BCUT2D eigenvalue weighted by atomic mass is 19.1. The Morgan fingerprint density at radius 2 is 1.93 bits per heavy atom. The second-order valence-electron chi connectivity index (χ2n) is 7.11. The molecule has 6 heteroatoms. The van der Waals surface area contributed by atoms with Gasteiger partial charge >= 0.3 is 0 Å². The molecule has 0 bridgehead atoms. The maximum absolute atomic E-state index is 13.0. The molecule has 0 saturated heterocycles. The van der Waals surface area contributed by atoms with Gasteiger partial charge in [0.2, 0.25) is 0 Å². The van der Waals surface area contributed by atoms with E-state index in [0.29, 0.717) is 12.0 Å². The molecular formula is C21H22FN3O2. The third-order valence-corrected chi connectivity index (χ3v) is 4.14. The average Bonchev–Trinajstić information content (AvgIpc) is 2.62. The zero-order chi connectivity index (χ0) is 20.0. The van der Waals surface area contributed by atoms with Crippen LogP contribution in [-0.2, 0) is 11.2 Å². The molecule has 0 aliphatic carbocycles. The van der Waals surface area contributed by atoms with Crippen molar-refractivity contribution < 1.29 is 14.0 Å². The number of carbonyl (C=O) groups is 2. The highest BCUT2D eigenvalue weighted by molar-refractivity contribution is 5.93. The Kier molecular flexibility index (Phi) is 6.40. The summed E-state index contributed by atoms with van der Waals surface area (Å²) < 4.78 is 13.0. The molecule has 2 aromatic rings. The van der Waals surface area contributed by atoms with E-state index in [4.69, 9.17) is 5.26 Å². The maximum Gasteiger partial charge on any atom is 0.271 e. The fourth-order valence-electron chi connectivity index (χ4n) is 2.63. The van der Waals surface area contributed by atoms with Crippen LogP contribution in [0.25, 0.3) is 0 Å². The number of carbonyl (C=O) groups excluding carboxylic acids is 2. The molecule has 27 heavy (non-hydrogen) atoms. The SMILES string of the molecule is CC(CC(=O)Cc1ccnc(C(=O)NC(C)(C)C#N)c1)c1ccc(F)cc1. The highest BCUT2D eigenvalue weighted by Crippen LogP contribution is 2.20. The lowest BCUT2D eigenvalue weighted by Gasteiger charge is -2.17. The number of ketones is 1. The first-order chi connectivity index (χ1) is 12.7. The number of nitrogens with one attached hydrogen (secondary N) is 1. The predicted octanol–water partition coefficient (Wildman–Crippen LogP) is 3.56. The lowest BCUT2D eigenvalue weighted by atomic mass is 9.93. The van der Waals surface area contributed by atoms with E-state index in [9.17, 15) is 14.0 Å². The zero-order valence-corrected chi connectivity index (χ0v) is 15.6. The van der Waals surface area contributed by atoms with Crippen molar-refractivity contribution >= 4 is 11.7 Å². The molecule has 1 unspecified atom stereocenters. The van der Waals surface area contributed by atoms with E-state index in [2.05, 4.69) is 10.3 Å². The number of nitriles is 1. The minimum atomic E-state index is -1.00. The molecule has 0 fully saturated rings. The Morgan fingerprint density at radius 1 is 1.26 bits per heavy atom. The third-order valence-electron chi connectivity index (χ3n) is 4.14. The smallest absolute Gasteiger partial charge is 0.271 e. The van der Waals surface area contributed by atoms with Crippen LogP contribution in [0.1, 0.15) is 54.7 Å². The van der Waals surface area contributed by atoms with Crippen molar-refractivity contribution in [2.45, 2.75) is 45.1 Å². The molecule has 0 saturated carbocycles. The number of pyridine rings is 1. The minimum absolute atomic E-state index is 0.0155. The van der Waals surface area contributed by atoms with Crippen molar-refractivity contribution in [3.63, 3.8) is 0 Å². The van der Waals surface area contributed by atoms with Gasteiger partial charge in [-0.15, -0.1) is 0 Å². The minimum Gasteiger partial charge on any atom is -0.333 e. The maximum atomic E-state index is 13.0. The number of aromatic nitrogens is 1. The molecule has 1 aromatic carbocycles. The summed E-state index contributed by atoms with van der Waals surface area (Å²) in [4.78, 5) is 28.6. The molecule has 1 amide bonds. The van der Waals surface area contributed by atoms with Gasteiger partial charge in [0.05, 0.1) is 6.07 Å². The Balaban J connectivity index is 2.01. The molecule has 1 aromatic heterocycles. The number of hydrogen-bond acceptors (Lipinski definition) is 4. The second kappa shape index (κ2) is 8.54. The summed E-state index contributed by atoms with van der Waals surface area (Å²) in [5, 5.41) is 11.6. The number of hydrogen-bond donors (Lipinski definition) is 1. The summed E-state index contributed by atoms with van der Waals surface area (Å²) in [7, 11) is 0. The first-order valence-corrected chi connectivity index (χ1v) is 8.66. The molecule has 0 radical (unpaired) electrons. The van der Waals surface area contributed by atoms with Crippen molar-refractivity contribution in [2.75, 3.05) is 0 Å². The summed E-state index contributed by atoms with van der Waals surface area (Å²) >= 11 is 0. The molecule has 2 rings (SSSR count). The van der Waals surface area contributed by atoms with Gasteiger partial charge in [-0.2, -0.15) is 5.26 Å². The van der Waals surface area contributed by atoms with E-state index in [-0.39, 0.29) is 29.6 Å². The normalized spacial score (nSPS) is 12.1. The summed E-state index contributed by atoms with van der Waals surface area (Å²) in [6, 6.07) is 11.4. The first kappa shape index (κ1) is 20.2. The number of amides is 1. The molecule has 1 heterocycles. The van der Waals surface area contributed by atoms with Crippen molar-refractivity contribution in [2.24, 2.45) is 0 Å². The van der Waals surface area contributed by atoms with E-state index >= 15 is 0 Å². The third kappa shape index (κ3) is 6.00. The van der Waals surface area contributed by atoms with E-state index < -0.39 is 11.4 Å². The van der Waals surface area contributed by atoms with Crippen LogP contribution in [0.4, 0.5) is 4.39 Å². The van der Waals surface area contributed by atoms with Crippen LogP contribution in [0.5, 0.6) is 0 Å². The van der Waals surface area contributed by atoms with Gasteiger partial charge in [0.1, 0.15) is 22.8 Å². The van der Waals surface area contributed by atoms with Crippen LogP contribution in [-0.4, -0.2) is 22.2 Å². The number of halogens is 1. The molecule has 5 nitrogen and oxygen atoms in total. The Hall–Kier alpha value is -3.07. The molecule has 1 atom stereocenters. The fraction of sp³-hybridized carbons (Fsp3) is 0.333. The predicted molar refractivity (Wildman–Crippen MR) is 99.5 cm³/mol. The monoisotopic (exact) mass is 367 g/mol. The Labute approximate surface area is 158 Å². The van der Waals surface area contributed by atoms with Crippen LogP contribution in [0, 0.1) is 17.1 Å². The van der Waals surface area contributed by atoms with Gasteiger partial charge in [0, 0.05) is 19.0 Å². The van der Waals surface area contributed by atoms with Gasteiger partial charge in [-0.3, -0.25) is 14.6 Å². The first-order valence-electron chi connectivity index (χ1n) is 8.66. The highest BCUT2D eigenvalue weighted by Gasteiger charge is 2.21.